The lowest BCUT2D eigenvalue weighted by molar-refractivity contribution is 0.611. The van der Waals surface area contributed by atoms with Crippen molar-refractivity contribution in [3.8, 4) is 0 Å². The van der Waals surface area contributed by atoms with Crippen LogP contribution in [-0.2, 0) is 0 Å². The predicted octanol–water partition coefficient (Wildman–Crippen LogP) is 2.85. The molecule has 0 spiro atoms. The molecule has 0 aromatic heterocycles. The molecule has 0 fully saturated rings. The first kappa shape index (κ1) is 10.5. The van der Waals surface area contributed by atoms with E-state index in [1.807, 2.05) is 13.0 Å². The second kappa shape index (κ2) is 4.07. The summed E-state index contributed by atoms with van der Waals surface area (Å²) in [5.41, 5.74) is 7.04. The van der Waals surface area contributed by atoms with Crippen LogP contribution in [0.1, 0.15) is 24.0 Å². The van der Waals surface area contributed by atoms with Gasteiger partial charge in [-0.05, 0) is 36.6 Å². The van der Waals surface area contributed by atoms with Crippen molar-refractivity contribution in [3.05, 3.63) is 34.1 Å². The maximum Gasteiger partial charge on any atom is 0.144 e. The van der Waals surface area contributed by atoms with Crippen LogP contribution in [-0.4, -0.2) is 6.54 Å². The van der Waals surface area contributed by atoms with Gasteiger partial charge in [-0.25, -0.2) is 4.39 Å². The van der Waals surface area contributed by atoms with Crippen molar-refractivity contribution in [2.45, 2.75) is 19.8 Å². The lowest BCUT2D eigenvalue weighted by Gasteiger charge is -2.13. The van der Waals surface area contributed by atoms with Crippen LogP contribution in [0.3, 0.4) is 0 Å². The average molecular weight is 202 g/mol. The van der Waals surface area contributed by atoms with Gasteiger partial charge < -0.3 is 5.73 Å². The maximum atomic E-state index is 13.3. The molecule has 0 saturated heterocycles. The lowest BCUT2D eigenvalue weighted by Crippen LogP contribution is -2.10. The third kappa shape index (κ3) is 2.01. The maximum absolute atomic E-state index is 13.3. The van der Waals surface area contributed by atoms with Crippen LogP contribution in [0.15, 0.2) is 12.1 Å². The van der Waals surface area contributed by atoms with Crippen LogP contribution in [0.4, 0.5) is 4.39 Å². The van der Waals surface area contributed by atoms with Gasteiger partial charge in [-0.15, -0.1) is 0 Å². The van der Waals surface area contributed by atoms with Gasteiger partial charge in [-0.1, -0.05) is 24.6 Å². The molecule has 1 aromatic carbocycles. The van der Waals surface area contributed by atoms with E-state index in [-0.39, 0.29) is 16.8 Å². The zero-order valence-electron chi connectivity index (χ0n) is 7.77. The summed E-state index contributed by atoms with van der Waals surface area (Å²) in [4.78, 5) is 0. The van der Waals surface area contributed by atoms with E-state index in [0.29, 0.717) is 12.1 Å². The molecule has 0 heterocycles. The summed E-state index contributed by atoms with van der Waals surface area (Å²) >= 11 is 5.63. The first-order valence-electron chi connectivity index (χ1n) is 4.22. The van der Waals surface area contributed by atoms with Crippen LogP contribution in [0.25, 0.3) is 0 Å². The summed E-state index contributed by atoms with van der Waals surface area (Å²) < 4.78 is 13.3. The van der Waals surface area contributed by atoms with Gasteiger partial charge >= 0.3 is 0 Å². The zero-order valence-corrected chi connectivity index (χ0v) is 8.53. The first-order chi connectivity index (χ1) is 6.07. The average Bonchev–Trinajstić information content (AvgIpc) is 2.13. The molecular formula is C10H13ClFN. The summed E-state index contributed by atoms with van der Waals surface area (Å²) in [5.74, 6) is -0.161. The fourth-order valence-corrected chi connectivity index (χ4v) is 1.53. The standard InChI is InChI=1S/C10H13ClFN/c1-6(5-13)8-3-4-9(11)10(12)7(8)2/h3-4,6H,5,13H2,1-2H3. The Hall–Kier alpha value is -0.600. The molecule has 0 amide bonds. The van der Waals surface area contributed by atoms with Gasteiger partial charge in [0.25, 0.3) is 0 Å². The summed E-state index contributed by atoms with van der Waals surface area (Å²) in [6, 6.07) is 3.41. The van der Waals surface area contributed by atoms with Crippen LogP contribution in [0.5, 0.6) is 0 Å². The molecule has 0 radical (unpaired) electrons. The van der Waals surface area contributed by atoms with Gasteiger partial charge in [0.05, 0.1) is 5.02 Å². The summed E-state index contributed by atoms with van der Waals surface area (Å²) in [6.07, 6.45) is 0. The molecule has 1 atom stereocenters. The van der Waals surface area contributed by atoms with Crippen LogP contribution < -0.4 is 5.73 Å². The third-order valence-electron chi connectivity index (χ3n) is 2.27. The van der Waals surface area contributed by atoms with Crippen LogP contribution >= 0.6 is 11.6 Å². The molecule has 0 bridgehead atoms. The Morgan fingerprint density at radius 1 is 1.54 bits per heavy atom. The predicted molar refractivity (Wildman–Crippen MR) is 53.6 cm³/mol. The largest absolute Gasteiger partial charge is 0.330 e. The van der Waals surface area contributed by atoms with Gasteiger partial charge in [0.15, 0.2) is 0 Å². The van der Waals surface area contributed by atoms with E-state index in [2.05, 4.69) is 0 Å². The summed E-state index contributed by atoms with van der Waals surface area (Å²) in [5, 5.41) is 0.172. The molecule has 0 aliphatic carbocycles. The molecule has 72 valence electrons. The van der Waals surface area contributed by atoms with Crippen molar-refractivity contribution in [2.75, 3.05) is 6.54 Å². The summed E-state index contributed by atoms with van der Waals surface area (Å²) in [6.45, 7) is 4.21. The molecule has 1 rings (SSSR count). The molecule has 0 aliphatic heterocycles. The molecule has 0 saturated carbocycles. The Morgan fingerprint density at radius 3 is 2.69 bits per heavy atom. The van der Waals surface area contributed by atoms with E-state index in [1.54, 1.807) is 13.0 Å². The Kier molecular flexibility index (Phi) is 3.28. The Bertz CT molecular complexity index is 312. The van der Waals surface area contributed by atoms with Gasteiger partial charge in [0, 0.05) is 0 Å². The fraction of sp³-hybridized carbons (Fsp3) is 0.400. The highest BCUT2D eigenvalue weighted by Crippen LogP contribution is 2.25. The van der Waals surface area contributed by atoms with Crippen molar-refractivity contribution >= 4 is 11.6 Å². The van der Waals surface area contributed by atoms with E-state index in [4.69, 9.17) is 17.3 Å². The van der Waals surface area contributed by atoms with Crippen molar-refractivity contribution < 1.29 is 4.39 Å². The Balaban J connectivity index is 3.18. The number of halogens is 2. The monoisotopic (exact) mass is 201 g/mol. The number of rotatable bonds is 2. The Labute approximate surface area is 82.7 Å². The molecule has 0 aliphatic rings. The molecule has 13 heavy (non-hydrogen) atoms. The van der Waals surface area contributed by atoms with E-state index in [0.717, 1.165) is 5.56 Å². The molecule has 1 unspecified atom stereocenters. The minimum Gasteiger partial charge on any atom is -0.330 e. The van der Waals surface area contributed by atoms with Crippen molar-refractivity contribution in [1.29, 1.82) is 0 Å². The van der Waals surface area contributed by atoms with Gasteiger partial charge in [0.1, 0.15) is 5.82 Å². The minimum atomic E-state index is -0.334. The highest BCUT2D eigenvalue weighted by Gasteiger charge is 2.12. The normalized spacial score (nSPS) is 13.0. The lowest BCUT2D eigenvalue weighted by atomic mass is 9.96. The van der Waals surface area contributed by atoms with E-state index >= 15 is 0 Å². The molecular weight excluding hydrogens is 189 g/mol. The second-order valence-electron chi connectivity index (χ2n) is 3.21. The Morgan fingerprint density at radius 2 is 2.15 bits per heavy atom. The third-order valence-corrected chi connectivity index (χ3v) is 2.56. The molecule has 2 N–H and O–H groups in total. The van der Waals surface area contributed by atoms with Gasteiger partial charge in [0.2, 0.25) is 0 Å². The molecule has 1 aromatic rings. The highest BCUT2D eigenvalue weighted by atomic mass is 35.5. The SMILES string of the molecule is Cc1c(C(C)CN)ccc(Cl)c1F. The second-order valence-corrected chi connectivity index (χ2v) is 3.62. The number of hydrogen-bond donors (Lipinski definition) is 1. The number of benzene rings is 1. The van der Waals surface area contributed by atoms with Crippen molar-refractivity contribution in [3.63, 3.8) is 0 Å². The first-order valence-corrected chi connectivity index (χ1v) is 4.60. The summed E-state index contributed by atoms with van der Waals surface area (Å²) in [7, 11) is 0. The number of nitrogens with two attached hydrogens (primary N) is 1. The van der Waals surface area contributed by atoms with Crippen molar-refractivity contribution in [1.82, 2.24) is 0 Å². The van der Waals surface area contributed by atoms with E-state index < -0.39 is 0 Å². The van der Waals surface area contributed by atoms with Crippen LogP contribution in [0.2, 0.25) is 5.02 Å². The molecule has 3 heteroatoms. The number of hydrogen-bond acceptors (Lipinski definition) is 1. The van der Waals surface area contributed by atoms with Gasteiger partial charge in [-0.3, -0.25) is 0 Å². The van der Waals surface area contributed by atoms with Crippen molar-refractivity contribution in [2.24, 2.45) is 5.73 Å². The fourth-order valence-electron chi connectivity index (χ4n) is 1.33. The zero-order chi connectivity index (χ0) is 10.0. The topological polar surface area (TPSA) is 26.0 Å². The van der Waals surface area contributed by atoms with Gasteiger partial charge in [-0.2, -0.15) is 0 Å². The quantitative estimate of drug-likeness (QED) is 0.783. The highest BCUT2D eigenvalue weighted by molar-refractivity contribution is 6.30. The molecule has 1 nitrogen and oxygen atoms in total. The smallest absolute Gasteiger partial charge is 0.144 e. The van der Waals surface area contributed by atoms with E-state index in [9.17, 15) is 4.39 Å². The van der Waals surface area contributed by atoms with E-state index in [1.165, 1.54) is 0 Å². The van der Waals surface area contributed by atoms with Crippen LogP contribution in [0, 0.1) is 12.7 Å². The minimum absolute atomic E-state index is 0.172.